The Morgan fingerprint density at radius 2 is 1.71 bits per heavy atom. The topological polar surface area (TPSA) is 40.6 Å². The predicted molar refractivity (Wildman–Crippen MR) is 92.4 cm³/mol. The molecule has 0 aromatic heterocycles. The van der Waals surface area contributed by atoms with Gasteiger partial charge in [-0.1, -0.05) is 24.3 Å². The smallest absolute Gasteiger partial charge is 0.226 e. The average Bonchev–Trinajstić information content (AvgIpc) is 3.17. The van der Waals surface area contributed by atoms with Crippen LogP contribution in [0.4, 0.5) is 0 Å². The van der Waals surface area contributed by atoms with Gasteiger partial charge in [-0.05, 0) is 48.6 Å². The zero-order valence-corrected chi connectivity index (χ0v) is 14.6. The van der Waals surface area contributed by atoms with Crippen molar-refractivity contribution in [1.29, 1.82) is 0 Å². The Balaban J connectivity index is 1.41. The van der Waals surface area contributed by atoms with Crippen molar-refractivity contribution in [3.63, 3.8) is 0 Å². The van der Waals surface area contributed by atoms with Crippen LogP contribution >= 0.6 is 0 Å². The first-order chi connectivity index (χ1) is 11.5. The van der Waals surface area contributed by atoms with Gasteiger partial charge in [0.25, 0.3) is 0 Å². The predicted octanol–water partition coefficient (Wildman–Crippen LogP) is 2.12. The molecular formula is C20H26N2O2. The molecule has 24 heavy (non-hydrogen) atoms. The minimum atomic E-state index is 0.0966. The number of fused-ring (bicyclic) bond motifs is 2. The summed E-state index contributed by atoms with van der Waals surface area (Å²) >= 11 is 0. The number of carbonyl (C=O) groups is 2. The number of nitrogens with zero attached hydrogens (tertiary/aromatic N) is 2. The fourth-order valence-corrected chi connectivity index (χ4v) is 5.01. The molecule has 4 heteroatoms. The summed E-state index contributed by atoms with van der Waals surface area (Å²) in [6.07, 6.45) is 4.45. The van der Waals surface area contributed by atoms with Crippen molar-refractivity contribution in [3.05, 3.63) is 35.4 Å². The van der Waals surface area contributed by atoms with E-state index >= 15 is 0 Å². The second-order valence-corrected chi connectivity index (χ2v) is 7.95. The fourth-order valence-electron chi connectivity index (χ4n) is 5.01. The number of benzene rings is 1. The summed E-state index contributed by atoms with van der Waals surface area (Å²) in [5.41, 5.74) is 2.66. The van der Waals surface area contributed by atoms with Gasteiger partial charge >= 0.3 is 0 Å². The molecule has 2 amide bonds. The average molecular weight is 326 g/mol. The van der Waals surface area contributed by atoms with E-state index in [0.717, 1.165) is 32.2 Å². The molecule has 0 radical (unpaired) electrons. The Labute approximate surface area is 143 Å². The molecular weight excluding hydrogens is 300 g/mol. The monoisotopic (exact) mass is 326 g/mol. The third-order valence-electron chi connectivity index (χ3n) is 6.48. The number of hydrogen-bond donors (Lipinski definition) is 0. The van der Waals surface area contributed by atoms with E-state index in [4.69, 9.17) is 0 Å². The van der Waals surface area contributed by atoms with Gasteiger partial charge in [0, 0.05) is 39.0 Å². The first kappa shape index (κ1) is 15.7. The number of carbonyl (C=O) groups excluding carboxylic acids is 2. The van der Waals surface area contributed by atoms with Crippen LogP contribution in [-0.4, -0.2) is 48.3 Å². The van der Waals surface area contributed by atoms with Crippen molar-refractivity contribution < 1.29 is 9.59 Å². The maximum absolute atomic E-state index is 13.0. The van der Waals surface area contributed by atoms with Gasteiger partial charge in [0.1, 0.15) is 0 Å². The summed E-state index contributed by atoms with van der Waals surface area (Å²) in [5.74, 6) is 1.68. The van der Waals surface area contributed by atoms with Crippen LogP contribution in [0.5, 0.6) is 0 Å². The summed E-state index contributed by atoms with van der Waals surface area (Å²) in [6.45, 7) is 0.858. The quantitative estimate of drug-likeness (QED) is 0.835. The summed E-state index contributed by atoms with van der Waals surface area (Å²) in [6, 6.07) is 8.72. The normalized spacial score (nSPS) is 29.5. The van der Waals surface area contributed by atoms with Gasteiger partial charge in [0.15, 0.2) is 0 Å². The van der Waals surface area contributed by atoms with E-state index in [1.165, 1.54) is 11.1 Å². The molecule has 3 aliphatic rings. The molecule has 1 saturated carbocycles. The van der Waals surface area contributed by atoms with Gasteiger partial charge < -0.3 is 9.80 Å². The fraction of sp³-hybridized carbons (Fsp3) is 0.600. The van der Waals surface area contributed by atoms with Crippen molar-refractivity contribution >= 4 is 11.8 Å². The number of hydrogen-bond acceptors (Lipinski definition) is 2. The van der Waals surface area contributed by atoms with Gasteiger partial charge in [-0.2, -0.15) is 0 Å². The van der Waals surface area contributed by atoms with Crippen LogP contribution in [0.25, 0.3) is 0 Å². The van der Waals surface area contributed by atoms with Crippen LogP contribution in [0.3, 0.4) is 0 Å². The Morgan fingerprint density at radius 1 is 1.08 bits per heavy atom. The third kappa shape index (κ3) is 2.62. The van der Waals surface area contributed by atoms with E-state index < -0.39 is 0 Å². The molecule has 1 heterocycles. The molecule has 128 valence electrons. The molecule has 1 saturated heterocycles. The Bertz CT molecular complexity index is 646. The summed E-state index contributed by atoms with van der Waals surface area (Å²) in [4.78, 5) is 28.8. The van der Waals surface area contributed by atoms with E-state index in [1.54, 1.807) is 0 Å². The highest BCUT2D eigenvalue weighted by molar-refractivity contribution is 5.81. The molecule has 0 spiro atoms. The first-order valence-electron chi connectivity index (χ1n) is 9.10. The second kappa shape index (κ2) is 5.91. The van der Waals surface area contributed by atoms with Gasteiger partial charge in [-0.15, -0.1) is 0 Å². The minimum absolute atomic E-state index is 0.0966. The Hall–Kier alpha value is -1.84. The van der Waals surface area contributed by atoms with Crippen LogP contribution in [0.15, 0.2) is 24.3 Å². The maximum Gasteiger partial charge on any atom is 0.226 e. The van der Waals surface area contributed by atoms with E-state index in [9.17, 15) is 9.59 Å². The minimum Gasteiger partial charge on any atom is -0.345 e. The van der Waals surface area contributed by atoms with Crippen molar-refractivity contribution in [2.45, 2.75) is 38.1 Å². The summed E-state index contributed by atoms with van der Waals surface area (Å²) in [5, 5.41) is 0. The van der Waals surface area contributed by atoms with Crippen molar-refractivity contribution in [1.82, 2.24) is 9.80 Å². The lowest BCUT2D eigenvalue weighted by atomic mass is 9.88. The standard InChI is InChI=1S/C20H26N2O2/c1-21-12-17-10-18(9-15(17)11-19(21)23)22(2)20(24)16-7-13-5-3-4-6-14(13)8-16/h3-6,15-18H,7-12H2,1-2H3/t15-,17+,18-/m1/s1. The van der Waals surface area contributed by atoms with E-state index in [0.29, 0.717) is 24.3 Å². The zero-order valence-electron chi connectivity index (χ0n) is 14.6. The van der Waals surface area contributed by atoms with Gasteiger partial charge in [-0.3, -0.25) is 9.59 Å². The van der Waals surface area contributed by atoms with Crippen molar-refractivity contribution in [2.75, 3.05) is 20.6 Å². The van der Waals surface area contributed by atoms with Crippen molar-refractivity contribution in [2.24, 2.45) is 17.8 Å². The molecule has 1 aromatic carbocycles. The lowest BCUT2D eigenvalue weighted by molar-refractivity contribution is -0.136. The number of likely N-dealkylation sites (tertiary alicyclic amines) is 1. The first-order valence-corrected chi connectivity index (χ1v) is 9.10. The van der Waals surface area contributed by atoms with Crippen LogP contribution < -0.4 is 0 Å². The third-order valence-corrected chi connectivity index (χ3v) is 6.48. The van der Waals surface area contributed by atoms with Crippen LogP contribution in [0, 0.1) is 17.8 Å². The number of rotatable bonds is 2. The van der Waals surface area contributed by atoms with Crippen LogP contribution in [0.2, 0.25) is 0 Å². The van der Waals surface area contributed by atoms with Crippen LogP contribution in [-0.2, 0) is 22.4 Å². The molecule has 0 N–H and O–H groups in total. The van der Waals surface area contributed by atoms with E-state index in [2.05, 4.69) is 24.3 Å². The highest BCUT2D eigenvalue weighted by Gasteiger charge is 2.43. The van der Waals surface area contributed by atoms with E-state index in [1.807, 2.05) is 23.9 Å². The SMILES string of the molecule is CN1C[C@@H]2C[C@H](N(C)C(=O)C3Cc4ccccc4C3)C[C@@H]2CC1=O. The maximum atomic E-state index is 13.0. The molecule has 2 aliphatic carbocycles. The number of amides is 2. The largest absolute Gasteiger partial charge is 0.345 e. The molecule has 1 aromatic rings. The Kier molecular flexibility index (Phi) is 3.86. The van der Waals surface area contributed by atoms with Gasteiger partial charge in [0.2, 0.25) is 11.8 Å². The number of piperidine rings is 1. The van der Waals surface area contributed by atoms with Crippen molar-refractivity contribution in [3.8, 4) is 0 Å². The van der Waals surface area contributed by atoms with E-state index in [-0.39, 0.29) is 17.7 Å². The lowest BCUT2D eigenvalue weighted by Crippen LogP contribution is -2.40. The van der Waals surface area contributed by atoms with Gasteiger partial charge in [0.05, 0.1) is 0 Å². The van der Waals surface area contributed by atoms with Gasteiger partial charge in [-0.25, -0.2) is 0 Å². The zero-order chi connectivity index (χ0) is 16.8. The highest BCUT2D eigenvalue weighted by atomic mass is 16.2. The molecule has 2 fully saturated rings. The van der Waals surface area contributed by atoms with Crippen LogP contribution in [0.1, 0.15) is 30.4 Å². The highest BCUT2D eigenvalue weighted by Crippen LogP contribution is 2.40. The molecule has 1 aliphatic heterocycles. The lowest BCUT2D eigenvalue weighted by Gasteiger charge is -2.31. The summed E-state index contributed by atoms with van der Waals surface area (Å²) in [7, 11) is 3.87. The molecule has 0 bridgehead atoms. The Morgan fingerprint density at radius 3 is 2.38 bits per heavy atom. The molecule has 4 nitrogen and oxygen atoms in total. The molecule has 0 unspecified atom stereocenters. The molecule has 3 atom stereocenters. The molecule has 4 rings (SSSR count). The second-order valence-electron chi connectivity index (χ2n) is 7.95. The summed E-state index contributed by atoms with van der Waals surface area (Å²) < 4.78 is 0.